The Hall–Kier alpha value is -0.950. The molecule has 1 rings (SSSR count). The molecule has 0 aliphatic rings. The molecule has 5 nitrogen and oxygen atoms in total. The van der Waals surface area contributed by atoms with Gasteiger partial charge in [-0.1, -0.05) is 26.0 Å². The molecular formula is C14H24N2O3S. The third-order valence-electron chi connectivity index (χ3n) is 3.28. The smallest absolute Gasteiger partial charge is 0.243 e. The molecule has 0 aliphatic heterocycles. The van der Waals surface area contributed by atoms with Gasteiger partial charge in [-0.15, -0.1) is 0 Å². The lowest BCUT2D eigenvalue weighted by Gasteiger charge is -2.21. The Morgan fingerprint density at radius 1 is 1.35 bits per heavy atom. The van der Waals surface area contributed by atoms with E-state index in [9.17, 15) is 8.42 Å². The molecule has 0 heterocycles. The van der Waals surface area contributed by atoms with Crippen molar-refractivity contribution in [2.45, 2.75) is 37.6 Å². The minimum Gasteiger partial charge on any atom is -0.396 e. The fourth-order valence-corrected chi connectivity index (χ4v) is 3.53. The lowest BCUT2D eigenvalue weighted by molar-refractivity contribution is 0.271. The molecule has 0 bridgehead atoms. The lowest BCUT2D eigenvalue weighted by atomic mass is 10.1. The van der Waals surface area contributed by atoms with E-state index >= 15 is 0 Å². The van der Waals surface area contributed by atoms with Gasteiger partial charge in [-0.3, -0.25) is 0 Å². The second kappa shape index (κ2) is 7.73. The number of benzene rings is 1. The predicted octanol–water partition coefficient (Wildman–Crippen LogP) is 1.49. The summed E-state index contributed by atoms with van der Waals surface area (Å²) in [5.41, 5.74) is 6.78. The maximum absolute atomic E-state index is 12.5. The van der Waals surface area contributed by atoms with Crippen LogP contribution >= 0.6 is 0 Å². The summed E-state index contributed by atoms with van der Waals surface area (Å²) in [6.07, 6.45) is 1.19. The zero-order valence-corrected chi connectivity index (χ0v) is 12.9. The van der Waals surface area contributed by atoms with Crippen LogP contribution in [-0.4, -0.2) is 37.5 Å². The average Bonchev–Trinajstić information content (AvgIpc) is 2.47. The fraction of sp³-hybridized carbons (Fsp3) is 0.571. The summed E-state index contributed by atoms with van der Waals surface area (Å²) < 4.78 is 26.4. The number of aliphatic hydroxyl groups excluding tert-OH is 1. The highest BCUT2D eigenvalue weighted by atomic mass is 32.2. The maximum atomic E-state index is 12.5. The number of sulfonamides is 1. The number of hydrogen-bond acceptors (Lipinski definition) is 4. The summed E-state index contributed by atoms with van der Waals surface area (Å²) in [5.74, 6) is 0. The summed E-state index contributed by atoms with van der Waals surface area (Å²) in [7, 11) is -3.52. The highest BCUT2D eigenvalue weighted by Gasteiger charge is 2.23. The van der Waals surface area contributed by atoms with Gasteiger partial charge in [0.05, 0.1) is 4.90 Å². The molecule has 114 valence electrons. The van der Waals surface area contributed by atoms with Crippen LogP contribution in [0.3, 0.4) is 0 Å². The molecule has 0 saturated heterocycles. The summed E-state index contributed by atoms with van der Waals surface area (Å²) in [5, 5.41) is 8.86. The van der Waals surface area contributed by atoms with Crippen LogP contribution in [0.4, 0.5) is 0 Å². The zero-order valence-electron chi connectivity index (χ0n) is 12.1. The van der Waals surface area contributed by atoms with Crippen LogP contribution in [0.5, 0.6) is 0 Å². The molecule has 3 N–H and O–H groups in total. The van der Waals surface area contributed by atoms with Gasteiger partial charge in [-0.05, 0) is 30.5 Å². The lowest BCUT2D eigenvalue weighted by Crippen LogP contribution is -2.32. The molecule has 0 spiro atoms. The number of nitrogens with zero attached hydrogens (tertiary/aromatic N) is 1. The molecule has 0 radical (unpaired) electrons. The molecule has 6 heteroatoms. The van der Waals surface area contributed by atoms with Gasteiger partial charge in [-0.2, -0.15) is 4.31 Å². The summed E-state index contributed by atoms with van der Waals surface area (Å²) >= 11 is 0. The van der Waals surface area contributed by atoms with E-state index in [4.69, 9.17) is 10.8 Å². The second-order valence-corrected chi connectivity index (χ2v) is 6.60. The average molecular weight is 300 g/mol. The monoisotopic (exact) mass is 300 g/mol. The van der Waals surface area contributed by atoms with E-state index < -0.39 is 10.0 Å². The van der Waals surface area contributed by atoms with Crippen molar-refractivity contribution in [3.8, 4) is 0 Å². The van der Waals surface area contributed by atoms with Crippen LogP contribution in [0.1, 0.15) is 38.3 Å². The Labute approximate surface area is 121 Å². The molecule has 20 heavy (non-hydrogen) atoms. The van der Waals surface area contributed by atoms with Crippen LogP contribution in [0.25, 0.3) is 0 Å². The number of rotatable bonds is 8. The Morgan fingerprint density at radius 2 is 2.05 bits per heavy atom. The first-order valence-electron chi connectivity index (χ1n) is 6.93. The van der Waals surface area contributed by atoms with E-state index in [0.717, 1.165) is 12.0 Å². The van der Waals surface area contributed by atoms with Crippen LogP contribution < -0.4 is 5.73 Å². The van der Waals surface area contributed by atoms with Crippen molar-refractivity contribution in [1.82, 2.24) is 4.31 Å². The molecule has 0 saturated carbocycles. The van der Waals surface area contributed by atoms with E-state index in [1.54, 1.807) is 25.1 Å². The van der Waals surface area contributed by atoms with Crippen molar-refractivity contribution in [3.63, 3.8) is 0 Å². The van der Waals surface area contributed by atoms with E-state index in [-0.39, 0.29) is 17.5 Å². The fourth-order valence-electron chi connectivity index (χ4n) is 1.99. The Kier molecular flexibility index (Phi) is 6.61. The minimum atomic E-state index is -3.52. The van der Waals surface area contributed by atoms with Crippen molar-refractivity contribution in [2.24, 2.45) is 5.73 Å². The number of nitrogens with two attached hydrogens (primary N) is 1. The van der Waals surface area contributed by atoms with Gasteiger partial charge < -0.3 is 10.8 Å². The Balaban J connectivity index is 3.07. The Bertz CT molecular complexity index is 517. The predicted molar refractivity (Wildman–Crippen MR) is 79.8 cm³/mol. The first-order valence-corrected chi connectivity index (χ1v) is 8.37. The first kappa shape index (κ1) is 17.1. The van der Waals surface area contributed by atoms with Gasteiger partial charge in [0.1, 0.15) is 0 Å². The standard InChI is InChI=1S/C14H24N2O3S/c1-3-14(15)12-7-5-8-13(11-12)20(18,19)16(4-2)9-6-10-17/h5,7-8,11,14,17H,3-4,6,9-10,15H2,1-2H3. The third-order valence-corrected chi connectivity index (χ3v) is 5.25. The van der Waals surface area contributed by atoms with Crippen molar-refractivity contribution in [3.05, 3.63) is 29.8 Å². The highest BCUT2D eigenvalue weighted by Crippen LogP contribution is 2.21. The van der Waals surface area contributed by atoms with E-state index in [0.29, 0.717) is 19.5 Å². The van der Waals surface area contributed by atoms with Crippen LogP contribution in [0.2, 0.25) is 0 Å². The van der Waals surface area contributed by atoms with Crippen LogP contribution in [0.15, 0.2) is 29.2 Å². The normalized spacial score (nSPS) is 13.7. The molecule has 1 atom stereocenters. The van der Waals surface area contributed by atoms with Crippen molar-refractivity contribution in [2.75, 3.05) is 19.7 Å². The first-order chi connectivity index (χ1) is 9.47. The van der Waals surface area contributed by atoms with Gasteiger partial charge >= 0.3 is 0 Å². The molecule has 1 aromatic rings. The topological polar surface area (TPSA) is 83.6 Å². The van der Waals surface area contributed by atoms with Gasteiger partial charge in [0, 0.05) is 25.7 Å². The molecule has 1 aromatic carbocycles. The number of aliphatic hydroxyl groups is 1. The van der Waals surface area contributed by atoms with Gasteiger partial charge in [0.25, 0.3) is 0 Å². The molecule has 0 aromatic heterocycles. The van der Waals surface area contributed by atoms with Gasteiger partial charge in [-0.25, -0.2) is 8.42 Å². The van der Waals surface area contributed by atoms with E-state index in [1.807, 2.05) is 13.0 Å². The molecular weight excluding hydrogens is 276 g/mol. The minimum absolute atomic E-state index is 0.0211. The van der Waals surface area contributed by atoms with Gasteiger partial charge in [0.15, 0.2) is 0 Å². The number of hydrogen-bond donors (Lipinski definition) is 2. The van der Waals surface area contributed by atoms with Gasteiger partial charge in [0.2, 0.25) is 10.0 Å². The molecule has 0 aliphatic carbocycles. The molecule has 0 fully saturated rings. The molecule has 1 unspecified atom stereocenters. The van der Waals surface area contributed by atoms with Crippen molar-refractivity contribution < 1.29 is 13.5 Å². The Morgan fingerprint density at radius 3 is 2.60 bits per heavy atom. The van der Waals surface area contributed by atoms with Crippen molar-refractivity contribution >= 4 is 10.0 Å². The quantitative estimate of drug-likeness (QED) is 0.762. The summed E-state index contributed by atoms with van der Waals surface area (Å²) in [4.78, 5) is 0.263. The SMILES string of the molecule is CCC(N)c1cccc(S(=O)(=O)N(CC)CCCO)c1. The summed E-state index contributed by atoms with van der Waals surface area (Å²) in [6.45, 7) is 4.43. The highest BCUT2D eigenvalue weighted by molar-refractivity contribution is 7.89. The largest absolute Gasteiger partial charge is 0.396 e. The van der Waals surface area contributed by atoms with Crippen molar-refractivity contribution in [1.29, 1.82) is 0 Å². The third kappa shape index (κ3) is 4.02. The summed E-state index contributed by atoms with van der Waals surface area (Å²) in [6, 6.07) is 6.64. The van der Waals surface area contributed by atoms with E-state index in [1.165, 1.54) is 4.31 Å². The second-order valence-electron chi connectivity index (χ2n) is 4.66. The molecule has 0 amide bonds. The van der Waals surface area contributed by atoms with Crippen LogP contribution in [0, 0.1) is 0 Å². The maximum Gasteiger partial charge on any atom is 0.243 e. The zero-order chi connectivity index (χ0) is 15.2. The van der Waals surface area contributed by atoms with E-state index in [2.05, 4.69) is 0 Å². The van der Waals surface area contributed by atoms with Crippen LogP contribution in [-0.2, 0) is 10.0 Å².